The van der Waals surface area contributed by atoms with E-state index in [1.807, 2.05) is 27.8 Å². The minimum atomic E-state index is -0.347. The number of likely N-dealkylation sites (N-methyl/N-ethyl adjacent to an activating group) is 1. The van der Waals surface area contributed by atoms with E-state index in [0.717, 1.165) is 12.0 Å². The topological polar surface area (TPSA) is 68.1 Å². The van der Waals surface area contributed by atoms with Crippen molar-refractivity contribution in [3.8, 4) is 0 Å². The van der Waals surface area contributed by atoms with Gasteiger partial charge in [-0.1, -0.05) is 6.92 Å². The molecule has 0 radical (unpaired) electrons. The summed E-state index contributed by atoms with van der Waals surface area (Å²) in [6.07, 6.45) is 2.51. The fourth-order valence-corrected chi connectivity index (χ4v) is 1.98. The first-order valence-corrected chi connectivity index (χ1v) is 5.79. The highest BCUT2D eigenvalue weighted by Crippen LogP contribution is 2.29. The molecule has 5 heteroatoms. The van der Waals surface area contributed by atoms with Crippen LogP contribution in [-0.2, 0) is 0 Å². The van der Waals surface area contributed by atoms with Crippen LogP contribution < -0.4 is 5.32 Å². The predicted molar refractivity (Wildman–Crippen MR) is 67.2 cm³/mol. The van der Waals surface area contributed by atoms with Crippen molar-refractivity contribution in [2.45, 2.75) is 39.2 Å². The van der Waals surface area contributed by atoms with E-state index >= 15 is 0 Å². The molecule has 17 heavy (non-hydrogen) atoms. The van der Waals surface area contributed by atoms with E-state index in [4.69, 9.17) is 0 Å². The summed E-state index contributed by atoms with van der Waals surface area (Å²) < 4.78 is 0. The lowest BCUT2D eigenvalue weighted by Gasteiger charge is -2.21. The second-order valence-corrected chi connectivity index (χ2v) is 4.27. The number of nitrogens with one attached hydrogen (secondary N) is 1. The molecule has 0 aliphatic carbocycles. The number of nitro groups is 1. The summed E-state index contributed by atoms with van der Waals surface area (Å²) in [5, 5.41) is 14.2. The minimum Gasteiger partial charge on any atom is -0.317 e. The van der Waals surface area contributed by atoms with Gasteiger partial charge in [0.1, 0.15) is 5.69 Å². The van der Waals surface area contributed by atoms with Gasteiger partial charge in [0, 0.05) is 24.2 Å². The van der Waals surface area contributed by atoms with E-state index in [1.165, 1.54) is 0 Å². The summed E-state index contributed by atoms with van der Waals surface area (Å²) in [7, 11) is 1.85. The SMILES string of the molecule is CCC(c1ncc(C)cc1[N+](=O)[O-])C(C)NC. The monoisotopic (exact) mass is 237 g/mol. The molecular formula is C12H19N3O2. The van der Waals surface area contributed by atoms with Gasteiger partial charge in [-0.25, -0.2) is 0 Å². The standard InChI is InChI=1S/C12H19N3O2/c1-5-10(9(3)13-4)12-11(15(16)17)6-8(2)7-14-12/h6-7,9-10,13H,5H2,1-4H3. The van der Waals surface area contributed by atoms with Crippen LogP contribution in [0.2, 0.25) is 0 Å². The largest absolute Gasteiger partial charge is 0.317 e. The first kappa shape index (κ1) is 13.6. The van der Waals surface area contributed by atoms with Gasteiger partial charge in [0.15, 0.2) is 0 Å². The number of hydrogen-bond acceptors (Lipinski definition) is 4. The summed E-state index contributed by atoms with van der Waals surface area (Å²) in [5.74, 6) is 0.0565. The molecule has 0 saturated carbocycles. The Kier molecular flexibility index (Phi) is 4.57. The van der Waals surface area contributed by atoms with Gasteiger partial charge in [-0.05, 0) is 32.9 Å². The highest BCUT2D eigenvalue weighted by molar-refractivity contribution is 5.40. The maximum absolute atomic E-state index is 11.1. The van der Waals surface area contributed by atoms with Crippen molar-refractivity contribution < 1.29 is 4.92 Å². The fraction of sp³-hybridized carbons (Fsp3) is 0.583. The van der Waals surface area contributed by atoms with Gasteiger partial charge in [0.2, 0.25) is 0 Å². The summed E-state index contributed by atoms with van der Waals surface area (Å²) in [6.45, 7) is 5.84. The van der Waals surface area contributed by atoms with Crippen LogP contribution in [0.4, 0.5) is 5.69 Å². The molecule has 0 saturated heterocycles. The maximum Gasteiger partial charge on any atom is 0.291 e. The molecule has 1 N–H and O–H groups in total. The molecule has 1 heterocycles. The van der Waals surface area contributed by atoms with Gasteiger partial charge in [-0.2, -0.15) is 0 Å². The Hall–Kier alpha value is -1.49. The lowest BCUT2D eigenvalue weighted by atomic mass is 9.92. The molecule has 0 aliphatic rings. The quantitative estimate of drug-likeness (QED) is 0.630. The van der Waals surface area contributed by atoms with E-state index in [-0.39, 0.29) is 22.6 Å². The van der Waals surface area contributed by atoms with Crippen molar-refractivity contribution in [2.24, 2.45) is 0 Å². The normalized spacial score (nSPS) is 14.4. The molecule has 94 valence electrons. The average Bonchev–Trinajstić information content (AvgIpc) is 2.31. The molecular weight excluding hydrogens is 218 g/mol. The zero-order valence-electron chi connectivity index (χ0n) is 10.7. The van der Waals surface area contributed by atoms with Gasteiger partial charge < -0.3 is 5.32 Å². The van der Waals surface area contributed by atoms with Crippen LogP contribution in [-0.4, -0.2) is 23.0 Å². The predicted octanol–water partition coefficient (Wildman–Crippen LogP) is 2.40. The van der Waals surface area contributed by atoms with Crippen molar-refractivity contribution in [3.63, 3.8) is 0 Å². The van der Waals surface area contributed by atoms with E-state index < -0.39 is 0 Å². The summed E-state index contributed by atoms with van der Waals surface area (Å²) >= 11 is 0. The van der Waals surface area contributed by atoms with Crippen LogP contribution in [0.1, 0.15) is 37.4 Å². The lowest BCUT2D eigenvalue weighted by Crippen LogP contribution is -2.29. The Morgan fingerprint density at radius 3 is 2.71 bits per heavy atom. The van der Waals surface area contributed by atoms with Crippen molar-refractivity contribution >= 4 is 5.69 Å². The van der Waals surface area contributed by atoms with Gasteiger partial charge in [-0.3, -0.25) is 15.1 Å². The van der Waals surface area contributed by atoms with Crippen LogP contribution >= 0.6 is 0 Å². The molecule has 0 aromatic carbocycles. The second kappa shape index (κ2) is 5.72. The molecule has 2 atom stereocenters. The number of rotatable bonds is 5. The van der Waals surface area contributed by atoms with Gasteiger partial charge in [0.25, 0.3) is 5.69 Å². The van der Waals surface area contributed by atoms with E-state index in [0.29, 0.717) is 5.69 Å². The Labute approximate surface area is 101 Å². The Morgan fingerprint density at radius 2 is 2.24 bits per heavy atom. The third-order valence-electron chi connectivity index (χ3n) is 3.08. The van der Waals surface area contributed by atoms with E-state index in [1.54, 1.807) is 12.3 Å². The molecule has 0 aliphatic heterocycles. The molecule has 2 unspecified atom stereocenters. The highest BCUT2D eigenvalue weighted by Gasteiger charge is 2.26. The van der Waals surface area contributed by atoms with Crippen LogP contribution in [0.3, 0.4) is 0 Å². The average molecular weight is 237 g/mol. The number of nitrogens with zero attached hydrogens (tertiary/aromatic N) is 2. The van der Waals surface area contributed by atoms with E-state index in [9.17, 15) is 10.1 Å². The molecule has 0 amide bonds. The first-order chi connectivity index (χ1) is 8.01. The smallest absolute Gasteiger partial charge is 0.291 e. The van der Waals surface area contributed by atoms with Crippen LogP contribution in [0.5, 0.6) is 0 Å². The van der Waals surface area contributed by atoms with Crippen molar-refractivity contribution in [3.05, 3.63) is 33.6 Å². The first-order valence-electron chi connectivity index (χ1n) is 5.79. The molecule has 1 aromatic rings. The van der Waals surface area contributed by atoms with Crippen LogP contribution in [0.25, 0.3) is 0 Å². The molecule has 0 spiro atoms. The van der Waals surface area contributed by atoms with Crippen LogP contribution in [0.15, 0.2) is 12.3 Å². The van der Waals surface area contributed by atoms with Gasteiger partial charge in [-0.15, -0.1) is 0 Å². The third-order valence-corrected chi connectivity index (χ3v) is 3.08. The van der Waals surface area contributed by atoms with Gasteiger partial charge >= 0.3 is 0 Å². The maximum atomic E-state index is 11.1. The zero-order chi connectivity index (χ0) is 13.0. The molecule has 1 aromatic heterocycles. The molecule has 1 rings (SSSR count). The number of aryl methyl sites for hydroxylation is 1. The lowest BCUT2D eigenvalue weighted by molar-refractivity contribution is -0.386. The number of aromatic nitrogens is 1. The third kappa shape index (κ3) is 3.00. The fourth-order valence-electron chi connectivity index (χ4n) is 1.98. The molecule has 5 nitrogen and oxygen atoms in total. The summed E-state index contributed by atoms with van der Waals surface area (Å²) in [6, 6.07) is 1.75. The highest BCUT2D eigenvalue weighted by atomic mass is 16.6. The van der Waals surface area contributed by atoms with Crippen LogP contribution in [0, 0.1) is 17.0 Å². The number of hydrogen-bond donors (Lipinski definition) is 1. The Balaban J connectivity index is 3.23. The van der Waals surface area contributed by atoms with Crippen molar-refractivity contribution in [1.29, 1.82) is 0 Å². The van der Waals surface area contributed by atoms with Gasteiger partial charge in [0.05, 0.1) is 4.92 Å². The summed E-state index contributed by atoms with van der Waals surface area (Å²) in [4.78, 5) is 15.0. The molecule has 0 bridgehead atoms. The second-order valence-electron chi connectivity index (χ2n) is 4.27. The summed E-state index contributed by atoms with van der Waals surface area (Å²) in [5.41, 5.74) is 1.51. The van der Waals surface area contributed by atoms with Crippen molar-refractivity contribution in [2.75, 3.05) is 7.05 Å². The van der Waals surface area contributed by atoms with E-state index in [2.05, 4.69) is 10.3 Å². The Morgan fingerprint density at radius 1 is 1.59 bits per heavy atom. The zero-order valence-corrected chi connectivity index (χ0v) is 10.7. The number of pyridine rings is 1. The minimum absolute atomic E-state index is 0.0565. The van der Waals surface area contributed by atoms with Crippen molar-refractivity contribution in [1.82, 2.24) is 10.3 Å². The molecule has 0 fully saturated rings. The Bertz CT molecular complexity index is 407.